The monoisotopic (exact) mass is 539 g/mol. The number of ether oxygens (including phenoxy) is 1. The van der Waals surface area contributed by atoms with Gasteiger partial charge in [0.2, 0.25) is 0 Å². The molecule has 1 unspecified atom stereocenters. The molecule has 4 rings (SSSR count). The number of amides is 3. The average Bonchev–Trinajstić information content (AvgIpc) is 3.29. The number of fused-ring (bicyclic) bond motifs is 1. The summed E-state index contributed by atoms with van der Waals surface area (Å²) >= 11 is 2.37. The maximum absolute atomic E-state index is 12.9. The van der Waals surface area contributed by atoms with Gasteiger partial charge in [0.25, 0.3) is 11.8 Å². The summed E-state index contributed by atoms with van der Waals surface area (Å²) in [7, 11) is 3.22. The summed E-state index contributed by atoms with van der Waals surface area (Å²) < 4.78 is 5.36. The number of carbonyl (C=O) groups is 4. The number of nitrogens with one attached hydrogen (secondary N) is 1. The van der Waals surface area contributed by atoms with Crippen LogP contribution in [0.25, 0.3) is 0 Å². The number of thiazole rings is 1. The van der Waals surface area contributed by atoms with Gasteiger partial charge in [0.1, 0.15) is 36.5 Å². The number of piperazine rings is 1. The molecule has 3 aliphatic heterocycles. The summed E-state index contributed by atoms with van der Waals surface area (Å²) in [6.07, 6.45) is -0.528. The van der Waals surface area contributed by atoms with E-state index in [4.69, 9.17) is 15.3 Å². The van der Waals surface area contributed by atoms with Gasteiger partial charge in [0.05, 0.1) is 0 Å². The number of nitrogens with two attached hydrogens (primary N) is 1. The van der Waals surface area contributed by atoms with E-state index in [0.717, 1.165) is 29.3 Å². The number of hydrogen-bond acceptors (Lipinski definition) is 12. The Morgan fingerprint density at radius 3 is 2.64 bits per heavy atom. The van der Waals surface area contributed by atoms with Crippen LogP contribution in [0.3, 0.4) is 0 Å². The van der Waals surface area contributed by atoms with Crippen molar-refractivity contribution in [2.75, 3.05) is 58.4 Å². The van der Waals surface area contributed by atoms with Crippen LogP contribution in [0.1, 0.15) is 5.69 Å². The molecule has 3 aliphatic rings. The number of thioether (sulfide) groups is 1. The second-order valence-corrected chi connectivity index (χ2v) is 10.2. The zero-order valence-corrected chi connectivity index (χ0v) is 21.1. The van der Waals surface area contributed by atoms with Crippen molar-refractivity contribution in [3.05, 3.63) is 22.3 Å². The Hall–Kier alpha value is -3.37. The van der Waals surface area contributed by atoms with Crippen molar-refractivity contribution in [1.82, 2.24) is 25.0 Å². The van der Waals surface area contributed by atoms with Crippen LogP contribution in [0, 0.1) is 0 Å². The lowest BCUT2D eigenvalue weighted by Crippen LogP contribution is -2.71. The number of carboxylic acid groups (broad SMARTS) is 1. The number of likely N-dealkylation sites (N-methyl/N-ethyl adjacent to an activating group) is 1. The van der Waals surface area contributed by atoms with E-state index >= 15 is 0 Å². The summed E-state index contributed by atoms with van der Waals surface area (Å²) in [5.41, 5.74) is 5.72. The number of β-lactam (4-membered cyclic amide) rings is 1. The summed E-state index contributed by atoms with van der Waals surface area (Å²) in [5.74, 6) is -2.42. The van der Waals surface area contributed by atoms with Crippen LogP contribution in [0.15, 0.2) is 21.8 Å². The van der Waals surface area contributed by atoms with Gasteiger partial charge >= 0.3 is 12.1 Å². The van der Waals surface area contributed by atoms with Gasteiger partial charge in [-0.15, -0.1) is 23.1 Å². The number of nitrogen functional groups attached to an aromatic ring is 1. The van der Waals surface area contributed by atoms with Crippen molar-refractivity contribution in [3.8, 4) is 0 Å². The van der Waals surface area contributed by atoms with Crippen LogP contribution in [-0.2, 0) is 24.0 Å². The molecule has 0 aliphatic carbocycles. The molecule has 1 aromatic rings. The molecule has 14 nitrogen and oxygen atoms in total. The first-order valence-electron chi connectivity index (χ1n) is 10.8. The zero-order chi connectivity index (χ0) is 26.0. The molecule has 16 heteroatoms. The predicted octanol–water partition coefficient (Wildman–Crippen LogP) is -0.802. The van der Waals surface area contributed by atoms with E-state index in [2.05, 4.69) is 20.4 Å². The molecule has 0 spiro atoms. The minimum Gasteiger partial charge on any atom is -0.477 e. The quantitative estimate of drug-likeness (QED) is 0.224. The van der Waals surface area contributed by atoms with Gasteiger partial charge in [-0.1, -0.05) is 5.16 Å². The van der Waals surface area contributed by atoms with Crippen LogP contribution < -0.4 is 11.1 Å². The molecule has 0 saturated carbocycles. The molecule has 0 aromatic carbocycles. The van der Waals surface area contributed by atoms with Crippen LogP contribution >= 0.6 is 23.1 Å². The maximum Gasteiger partial charge on any atom is 0.410 e. The molecule has 1 aromatic heterocycles. The SMILES string of the molecule is CON=C(C(=O)NC1C(=O)N2C(C(=O)O)=C(COC(=O)N3CCN(C)CC3)CS[C@H]12)c1csc(N)n1. The standard InChI is InChI=1S/C20H25N7O7S2/c1-25-3-5-26(6-4-25)20(32)34-7-10-8-35-17-13(16(29)27(17)14(10)18(30)31)23-15(28)12(24-33-2)11-9-36-19(21)22-11/h9,13,17H,3-8H2,1-2H3,(H2,21,22)(H,23,28)(H,30,31)/t13?,17-/m1/s1. The van der Waals surface area contributed by atoms with E-state index in [0.29, 0.717) is 18.7 Å². The number of oxime groups is 1. The number of aliphatic carboxylic acids is 1. The highest BCUT2D eigenvalue weighted by molar-refractivity contribution is 8.00. The van der Waals surface area contributed by atoms with Crippen molar-refractivity contribution in [1.29, 1.82) is 0 Å². The largest absolute Gasteiger partial charge is 0.477 e. The minimum atomic E-state index is -1.32. The zero-order valence-electron chi connectivity index (χ0n) is 19.5. The fraction of sp³-hybridized carbons (Fsp3) is 0.500. The first kappa shape index (κ1) is 25.7. The van der Waals surface area contributed by atoms with E-state index in [1.54, 1.807) is 4.90 Å². The van der Waals surface area contributed by atoms with Gasteiger partial charge in [-0.05, 0) is 7.05 Å². The van der Waals surface area contributed by atoms with E-state index < -0.39 is 35.3 Å². The lowest BCUT2D eigenvalue weighted by molar-refractivity contribution is -0.150. The van der Waals surface area contributed by atoms with Crippen molar-refractivity contribution < 1.29 is 33.9 Å². The number of carbonyl (C=O) groups excluding carboxylic acids is 3. The van der Waals surface area contributed by atoms with Crippen molar-refractivity contribution in [2.45, 2.75) is 11.4 Å². The molecule has 2 fully saturated rings. The third kappa shape index (κ3) is 5.10. The van der Waals surface area contributed by atoms with Gasteiger partial charge in [0.15, 0.2) is 10.8 Å². The minimum absolute atomic E-state index is 0.164. The Balaban J connectivity index is 1.43. The smallest absolute Gasteiger partial charge is 0.410 e. The third-order valence-corrected chi connectivity index (χ3v) is 7.84. The highest BCUT2D eigenvalue weighted by atomic mass is 32.2. The van der Waals surface area contributed by atoms with Gasteiger partial charge in [-0.2, -0.15) is 0 Å². The highest BCUT2D eigenvalue weighted by Crippen LogP contribution is 2.40. The normalized spacial score (nSPS) is 22.6. The molecule has 4 heterocycles. The molecule has 2 saturated heterocycles. The fourth-order valence-electron chi connectivity index (χ4n) is 3.93. The molecule has 3 amide bonds. The Morgan fingerprint density at radius 2 is 2.03 bits per heavy atom. The fourth-order valence-corrected chi connectivity index (χ4v) is 5.80. The highest BCUT2D eigenvalue weighted by Gasteiger charge is 2.54. The lowest BCUT2D eigenvalue weighted by Gasteiger charge is -2.49. The molecule has 4 N–H and O–H groups in total. The van der Waals surface area contributed by atoms with Crippen molar-refractivity contribution in [3.63, 3.8) is 0 Å². The Labute approximate surface area is 214 Å². The van der Waals surface area contributed by atoms with E-state index in [1.807, 2.05) is 7.05 Å². The molecular weight excluding hydrogens is 514 g/mol. The molecule has 0 bridgehead atoms. The third-order valence-electron chi connectivity index (χ3n) is 5.83. The predicted molar refractivity (Wildman–Crippen MR) is 130 cm³/mol. The molecule has 36 heavy (non-hydrogen) atoms. The first-order chi connectivity index (χ1) is 17.2. The number of anilines is 1. The van der Waals surface area contributed by atoms with Gasteiger partial charge in [-0.25, -0.2) is 14.6 Å². The van der Waals surface area contributed by atoms with Crippen LogP contribution in [-0.4, -0.2) is 118 Å². The van der Waals surface area contributed by atoms with Crippen LogP contribution in [0.5, 0.6) is 0 Å². The Kier molecular flexibility index (Phi) is 7.65. The first-order valence-corrected chi connectivity index (χ1v) is 12.8. The maximum atomic E-state index is 12.9. The molecule has 194 valence electrons. The average molecular weight is 540 g/mol. The molecule has 0 radical (unpaired) electrons. The summed E-state index contributed by atoms with van der Waals surface area (Å²) in [5, 5.41) is 17.2. The number of carboxylic acids is 1. The summed E-state index contributed by atoms with van der Waals surface area (Å²) in [6.45, 7) is 2.23. The number of aromatic nitrogens is 1. The number of nitrogens with zero attached hydrogens (tertiary/aromatic N) is 5. The van der Waals surface area contributed by atoms with Crippen LogP contribution in [0.4, 0.5) is 9.93 Å². The van der Waals surface area contributed by atoms with Crippen molar-refractivity contribution in [2.24, 2.45) is 5.16 Å². The number of rotatable bonds is 7. The van der Waals surface area contributed by atoms with E-state index in [1.165, 1.54) is 24.3 Å². The topological polar surface area (TPSA) is 180 Å². The van der Waals surface area contributed by atoms with E-state index in [9.17, 15) is 24.3 Å². The Morgan fingerprint density at radius 1 is 1.31 bits per heavy atom. The van der Waals surface area contributed by atoms with Crippen molar-refractivity contribution >= 4 is 57.8 Å². The summed E-state index contributed by atoms with van der Waals surface area (Å²) in [4.78, 5) is 63.7. The van der Waals surface area contributed by atoms with Gasteiger partial charge in [0, 0.05) is 42.9 Å². The van der Waals surface area contributed by atoms with E-state index in [-0.39, 0.29) is 34.6 Å². The molecule has 2 atom stereocenters. The second kappa shape index (κ2) is 10.7. The number of hydrogen-bond donors (Lipinski definition) is 3. The Bertz CT molecular complexity index is 1130. The van der Waals surface area contributed by atoms with Gasteiger partial charge in [-0.3, -0.25) is 14.5 Å². The lowest BCUT2D eigenvalue weighted by atomic mass is 10.0. The van der Waals surface area contributed by atoms with Crippen LogP contribution in [0.2, 0.25) is 0 Å². The van der Waals surface area contributed by atoms with Gasteiger partial charge < -0.3 is 35.5 Å². The molecular formula is C20H25N7O7S2. The summed E-state index contributed by atoms with van der Waals surface area (Å²) in [6, 6.07) is -0.982. The second-order valence-electron chi connectivity index (χ2n) is 8.16.